The van der Waals surface area contributed by atoms with Crippen LogP contribution in [-0.2, 0) is 11.2 Å². The maximum Gasteiger partial charge on any atom is 0.227 e. The van der Waals surface area contributed by atoms with Gasteiger partial charge in [0.25, 0.3) is 0 Å². The van der Waals surface area contributed by atoms with Gasteiger partial charge in [0.1, 0.15) is 24.7 Å². The number of fused-ring (bicyclic) bond motifs is 1. The Bertz CT molecular complexity index is 819. The highest BCUT2D eigenvalue weighted by molar-refractivity contribution is 6.30. The Hall–Kier alpha value is -2.24. The number of piperidine rings is 1. The van der Waals surface area contributed by atoms with E-state index in [4.69, 9.17) is 21.1 Å². The SMILES string of the molecule is O=C(NC1CCN(CCOc2ccc(Cl)cc2)CC1)[C@@H]1COc2ccccc2C1. The second kappa shape index (κ2) is 9.51. The zero-order valence-corrected chi connectivity index (χ0v) is 17.2. The summed E-state index contributed by atoms with van der Waals surface area (Å²) in [6, 6.07) is 15.7. The molecule has 0 aromatic heterocycles. The van der Waals surface area contributed by atoms with Crippen molar-refractivity contribution < 1.29 is 14.3 Å². The molecule has 2 aromatic rings. The van der Waals surface area contributed by atoms with Gasteiger partial charge in [0.05, 0.1) is 5.92 Å². The lowest BCUT2D eigenvalue weighted by Gasteiger charge is -2.33. The third-order valence-corrected chi connectivity index (χ3v) is 5.93. The van der Waals surface area contributed by atoms with Gasteiger partial charge in [0.2, 0.25) is 5.91 Å². The molecule has 2 aromatic carbocycles. The summed E-state index contributed by atoms with van der Waals surface area (Å²) in [6.07, 6.45) is 2.69. The minimum absolute atomic E-state index is 0.101. The smallest absolute Gasteiger partial charge is 0.227 e. The van der Waals surface area contributed by atoms with E-state index < -0.39 is 0 Å². The van der Waals surface area contributed by atoms with Gasteiger partial charge in [-0.05, 0) is 55.2 Å². The number of carbonyl (C=O) groups excluding carboxylic acids is 1. The van der Waals surface area contributed by atoms with Gasteiger partial charge in [-0.25, -0.2) is 0 Å². The van der Waals surface area contributed by atoms with E-state index in [1.165, 1.54) is 0 Å². The highest BCUT2D eigenvalue weighted by atomic mass is 35.5. The molecule has 5 nitrogen and oxygen atoms in total. The summed E-state index contributed by atoms with van der Waals surface area (Å²) in [5, 5.41) is 3.95. The minimum Gasteiger partial charge on any atom is -0.492 e. The molecular weight excluding hydrogens is 388 g/mol. The van der Waals surface area contributed by atoms with E-state index in [0.29, 0.717) is 18.2 Å². The van der Waals surface area contributed by atoms with Crippen molar-refractivity contribution in [3.05, 3.63) is 59.1 Å². The van der Waals surface area contributed by atoms with E-state index in [1.807, 2.05) is 48.5 Å². The molecule has 1 saturated heterocycles. The summed E-state index contributed by atoms with van der Waals surface area (Å²) in [4.78, 5) is 15.1. The van der Waals surface area contributed by atoms with E-state index >= 15 is 0 Å². The second-order valence-corrected chi connectivity index (χ2v) is 8.18. The van der Waals surface area contributed by atoms with Gasteiger partial charge in [-0.3, -0.25) is 9.69 Å². The first-order valence-corrected chi connectivity index (χ1v) is 10.7. The molecule has 0 spiro atoms. The Morgan fingerprint density at radius 2 is 1.90 bits per heavy atom. The van der Waals surface area contributed by atoms with Crippen LogP contribution in [0.2, 0.25) is 5.02 Å². The highest BCUT2D eigenvalue weighted by Crippen LogP contribution is 2.27. The van der Waals surface area contributed by atoms with Gasteiger partial charge in [-0.2, -0.15) is 0 Å². The Morgan fingerprint density at radius 3 is 2.69 bits per heavy atom. The number of halogens is 1. The summed E-state index contributed by atoms with van der Waals surface area (Å²) in [5.41, 5.74) is 1.12. The van der Waals surface area contributed by atoms with Gasteiger partial charge >= 0.3 is 0 Å². The lowest BCUT2D eigenvalue weighted by molar-refractivity contribution is -0.127. The number of nitrogens with zero attached hydrogens (tertiary/aromatic N) is 1. The van der Waals surface area contributed by atoms with Gasteiger partial charge < -0.3 is 14.8 Å². The Labute approximate surface area is 176 Å². The molecule has 1 fully saturated rings. The number of nitrogens with one attached hydrogen (secondary N) is 1. The standard InChI is InChI=1S/C23H27ClN2O3/c24-19-5-7-21(8-6-19)28-14-13-26-11-9-20(10-12-26)25-23(27)18-15-17-3-1-2-4-22(17)29-16-18/h1-8,18,20H,9-16H2,(H,25,27)/t18-/m0/s1. The first kappa shape index (κ1) is 20.0. The number of benzene rings is 2. The van der Waals surface area contributed by atoms with Crippen molar-refractivity contribution in [1.29, 1.82) is 0 Å². The number of likely N-dealkylation sites (tertiary alicyclic amines) is 1. The fraction of sp³-hybridized carbons (Fsp3) is 0.435. The molecule has 6 heteroatoms. The molecule has 2 aliphatic heterocycles. The lowest BCUT2D eigenvalue weighted by Crippen LogP contribution is -2.48. The Balaban J connectivity index is 1.16. The maximum atomic E-state index is 12.7. The fourth-order valence-corrected chi connectivity index (χ4v) is 4.07. The summed E-state index contributed by atoms with van der Waals surface area (Å²) >= 11 is 5.89. The molecule has 154 valence electrons. The number of ether oxygens (including phenoxy) is 2. The molecule has 29 heavy (non-hydrogen) atoms. The van der Waals surface area contributed by atoms with Crippen LogP contribution in [0.25, 0.3) is 0 Å². The zero-order valence-electron chi connectivity index (χ0n) is 16.5. The van der Waals surface area contributed by atoms with Crippen LogP contribution in [0.1, 0.15) is 18.4 Å². The van der Waals surface area contributed by atoms with Crippen molar-refractivity contribution in [3.8, 4) is 11.5 Å². The fourth-order valence-electron chi connectivity index (χ4n) is 3.94. The molecule has 1 N–H and O–H groups in total. The summed E-state index contributed by atoms with van der Waals surface area (Å²) in [6.45, 7) is 3.94. The Kier molecular flexibility index (Phi) is 6.57. The topological polar surface area (TPSA) is 50.8 Å². The number of rotatable bonds is 6. The maximum absolute atomic E-state index is 12.7. The quantitative estimate of drug-likeness (QED) is 0.785. The van der Waals surface area contributed by atoms with Crippen LogP contribution in [0, 0.1) is 5.92 Å². The Morgan fingerprint density at radius 1 is 1.14 bits per heavy atom. The molecule has 0 bridgehead atoms. The number of para-hydroxylation sites is 1. The highest BCUT2D eigenvalue weighted by Gasteiger charge is 2.28. The predicted octanol–water partition coefficient (Wildman–Crippen LogP) is 3.55. The molecule has 4 rings (SSSR count). The predicted molar refractivity (Wildman–Crippen MR) is 114 cm³/mol. The molecule has 1 atom stereocenters. The molecule has 2 aliphatic rings. The third kappa shape index (κ3) is 5.43. The van der Waals surface area contributed by atoms with Crippen molar-refractivity contribution in [1.82, 2.24) is 10.2 Å². The van der Waals surface area contributed by atoms with E-state index in [9.17, 15) is 4.79 Å². The summed E-state index contributed by atoms with van der Waals surface area (Å²) in [7, 11) is 0. The second-order valence-electron chi connectivity index (χ2n) is 7.75. The van der Waals surface area contributed by atoms with Crippen LogP contribution < -0.4 is 14.8 Å². The molecule has 0 unspecified atom stereocenters. The largest absolute Gasteiger partial charge is 0.492 e. The van der Waals surface area contributed by atoms with Crippen molar-refractivity contribution in [2.24, 2.45) is 5.92 Å². The first-order valence-electron chi connectivity index (χ1n) is 10.3. The van der Waals surface area contributed by atoms with E-state index in [0.717, 1.165) is 56.0 Å². The van der Waals surface area contributed by atoms with E-state index in [-0.39, 0.29) is 17.9 Å². The van der Waals surface area contributed by atoms with Crippen LogP contribution in [0.3, 0.4) is 0 Å². The zero-order chi connectivity index (χ0) is 20.1. The van der Waals surface area contributed by atoms with Crippen LogP contribution in [-0.4, -0.2) is 49.7 Å². The van der Waals surface area contributed by atoms with Crippen LogP contribution >= 0.6 is 11.6 Å². The van der Waals surface area contributed by atoms with Crippen LogP contribution in [0.15, 0.2) is 48.5 Å². The monoisotopic (exact) mass is 414 g/mol. The normalized spacial score (nSPS) is 19.8. The van der Waals surface area contributed by atoms with Gasteiger partial charge in [-0.1, -0.05) is 29.8 Å². The third-order valence-electron chi connectivity index (χ3n) is 5.67. The van der Waals surface area contributed by atoms with Gasteiger partial charge in [0, 0.05) is 30.7 Å². The van der Waals surface area contributed by atoms with Crippen LogP contribution in [0.5, 0.6) is 11.5 Å². The van der Waals surface area contributed by atoms with Gasteiger partial charge in [-0.15, -0.1) is 0 Å². The average molecular weight is 415 g/mol. The minimum atomic E-state index is -0.101. The molecule has 0 aliphatic carbocycles. The van der Waals surface area contributed by atoms with Gasteiger partial charge in [0.15, 0.2) is 0 Å². The number of hydrogen-bond acceptors (Lipinski definition) is 4. The summed E-state index contributed by atoms with van der Waals surface area (Å²) < 4.78 is 11.5. The van der Waals surface area contributed by atoms with E-state index in [1.54, 1.807) is 0 Å². The number of hydrogen-bond donors (Lipinski definition) is 1. The number of amides is 1. The van der Waals surface area contributed by atoms with Crippen molar-refractivity contribution in [2.75, 3.05) is 32.8 Å². The van der Waals surface area contributed by atoms with Crippen molar-refractivity contribution >= 4 is 17.5 Å². The summed E-state index contributed by atoms with van der Waals surface area (Å²) in [5.74, 6) is 1.76. The molecule has 0 saturated carbocycles. The van der Waals surface area contributed by atoms with Crippen molar-refractivity contribution in [3.63, 3.8) is 0 Å². The van der Waals surface area contributed by atoms with E-state index in [2.05, 4.69) is 10.2 Å². The van der Waals surface area contributed by atoms with Crippen molar-refractivity contribution in [2.45, 2.75) is 25.3 Å². The number of carbonyl (C=O) groups is 1. The molecule has 2 heterocycles. The molecular formula is C23H27ClN2O3. The molecule has 0 radical (unpaired) electrons. The average Bonchev–Trinajstić information content (AvgIpc) is 2.76. The molecule has 1 amide bonds. The lowest BCUT2D eigenvalue weighted by atomic mass is 9.95. The first-order chi connectivity index (χ1) is 14.2. The van der Waals surface area contributed by atoms with Crippen LogP contribution in [0.4, 0.5) is 0 Å².